The van der Waals surface area contributed by atoms with E-state index in [-0.39, 0.29) is 5.54 Å². The third kappa shape index (κ3) is 2.58. The Bertz CT molecular complexity index is 286. The first kappa shape index (κ1) is 11.2. The van der Waals surface area contributed by atoms with Crippen LogP contribution in [0.3, 0.4) is 0 Å². The van der Waals surface area contributed by atoms with Crippen molar-refractivity contribution in [3.63, 3.8) is 0 Å². The summed E-state index contributed by atoms with van der Waals surface area (Å²) < 4.78 is 1.94. The summed E-state index contributed by atoms with van der Waals surface area (Å²) in [5.41, 5.74) is 7.30. The minimum Gasteiger partial charge on any atom is -0.325 e. The maximum Gasteiger partial charge on any atom is 0.0522 e. The van der Waals surface area contributed by atoms with Crippen LogP contribution >= 0.6 is 0 Å². The second kappa shape index (κ2) is 4.13. The largest absolute Gasteiger partial charge is 0.325 e. The lowest BCUT2D eigenvalue weighted by Gasteiger charge is -2.28. The molecule has 0 aromatic carbocycles. The van der Waals surface area contributed by atoms with Gasteiger partial charge in [-0.15, -0.1) is 0 Å². The van der Waals surface area contributed by atoms with Crippen LogP contribution in [0.25, 0.3) is 0 Å². The molecule has 1 rings (SSSR count). The van der Waals surface area contributed by atoms with Gasteiger partial charge in [0.15, 0.2) is 0 Å². The Hall–Kier alpha value is -0.830. The fraction of sp³-hybridized carbons (Fsp3) is 0.727. The molecule has 0 radical (unpaired) electrons. The molecule has 3 nitrogen and oxygen atoms in total. The predicted molar refractivity (Wildman–Crippen MR) is 59.0 cm³/mol. The number of aryl methyl sites for hydroxylation is 1. The van der Waals surface area contributed by atoms with Gasteiger partial charge in [0.05, 0.1) is 6.20 Å². The van der Waals surface area contributed by atoms with Crippen molar-refractivity contribution in [2.75, 3.05) is 0 Å². The van der Waals surface area contributed by atoms with Crippen LogP contribution < -0.4 is 5.73 Å². The second-order valence-corrected chi connectivity index (χ2v) is 4.54. The molecule has 0 aliphatic heterocycles. The van der Waals surface area contributed by atoms with E-state index in [4.69, 9.17) is 5.73 Å². The van der Waals surface area contributed by atoms with Gasteiger partial charge in [-0.2, -0.15) is 5.10 Å². The molecule has 0 amide bonds. The topological polar surface area (TPSA) is 43.8 Å². The molecule has 1 aromatic rings. The molecule has 1 unspecified atom stereocenters. The molecule has 2 N–H and O–H groups in total. The van der Waals surface area contributed by atoms with E-state index in [1.54, 1.807) is 0 Å². The Morgan fingerprint density at radius 2 is 2.21 bits per heavy atom. The molecule has 1 atom stereocenters. The molecule has 0 aliphatic rings. The number of rotatable bonds is 4. The van der Waals surface area contributed by atoms with E-state index in [2.05, 4.69) is 39.0 Å². The van der Waals surface area contributed by atoms with Crippen LogP contribution in [0.5, 0.6) is 0 Å². The first-order chi connectivity index (χ1) is 6.45. The van der Waals surface area contributed by atoms with Gasteiger partial charge in [-0.1, -0.05) is 13.8 Å². The van der Waals surface area contributed by atoms with Crippen molar-refractivity contribution in [3.05, 3.63) is 18.0 Å². The van der Waals surface area contributed by atoms with Gasteiger partial charge >= 0.3 is 0 Å². The Labute approximate surface area is 86.3 Å². The molecule has 1 heterocycles. The first-order valence-electron chi connectivity index (χ1n) is 5.26. The Morgan fingerprint density at radius 3 is 2.64 bits per heavy atom. The molecule has 80 valence electrons. The van der Waals surface area contributed by atoms with Gasteiger partial charge in [-0.05, 0) is 31.7 Å². The summed E-state index contributed by atoms with van der Waals surface area (Å²) in [6.45, 7) is 9.42. The molecular weight excluding hydrogens is 174 g/mol. The number of nitrogens with two attached hydrogens (primary N) is 1. The van der Waals surface area contributed by atoms with Crippen LogP contribution in [0.4, 0.5) is 0 Å². The third-order valence-electron chi connectivity index (χ3n) is 2.91. The highest BCUT2D eigenvalue weighted by Gasteiger charge is 2.23. The van der Waals surface area contributed by atoms with Crippen LogP contribution in [0.15, 0.2) is 12.4 Å². The van der Waals surface area contributed by atoms with E-state index in [0.29, 0.717) is 5.92 Å². The molecular formula is C11H21N3. The van der Waals surface area contributed by atoms with Gasteiger partial charge in [0.1, 0.15) is 0 Å². The van der Waals surface area contributed by atoms with E-state index < -0.39 is 0 Å². The molecule has 0 bridgehead atoms. The molecule has 0 spiro atoms. The van der Waals surface area contributed by atoms with Crippen molar-refractivity contribution in [1.82, 2.24) is 9.78 Å². The van der Waals surface area contributed by atoms with Crippen molar-refractivity contribution in [3.8, 4) is 0 Å². The Kier molecular flexibility index (Phi) is 3.32. The summed E-state index contributed by atoms with van der Waals surface area (Å²) in [7, 11) is 0. The van der Waals surface area contributed by atoms with E-state index in [1.165, 1.54) is 5.56 Å². The number of nitrogens with zero attached hydrogens (tertiary/aromatic N) is 2. The maximum atomic E-state index is 6.21. The van der Waals surface area contributed by atoms with Crippen molar-refractivity contribution >= 4 is 0 Å². The molecule has 0 saturated heterocycles. The zero-order valence-electron chi connectivity index (χ0n) is 9.62. The maximum absolute atomic E-state index is 6.21. The highest BCUT2D eigenvalue weighted by Crippen LogP contribution is 2.18. The monoisotopic (exact) mass is 195 g/mol. The normalized spacial score (nSPS) is 15.9. The summed E-state index contributed by atoms with van der Waals surface area (Å²) in [6, 6.07) is 0. The molecule has 0 saturated carbocycles. The standard InChI is InChI=1S/C11H21N3/c1-5-14-8-10(7-13-14)6-11(4,12)9(2)3/h7-9H,5-6,12H2,1-4H3. The SMILES string of the molecule is CCn1cc(CC(C)(N)C(C)C)cn1. The quantitative estimate of drug-likeness (QED) is 0.796. The van der Waals surface area contributed by atoms with E-state index in [0.717, 1.165) is 13.0 Å². The summed E-state index contributed by atoms with van der Waals surface area (Å²) in [5.74, 6) is 0.479. The molecule has 1 aromatic heterocycles. The van der Waals surface area contributed by atoms with Crippen molar-refractivity contribution < 1.29 is 0 Å². The average molecular weight is 195 g/mol. The van der Waals surface area contributed by atoms with E-state index in [1.807, 2.05) is 10.9 Å². The number of aromatic nitrogens is 2. The first-order valence-corrected chi connectivity index (χ1v) is 5.26. The van der Waals surface area contributed by atoms with Crippen molar-refractivity contribution in [2.45, 2.75) is 46.2 Å². The van der Waals surface area contributed by atoms with Gasteiger partial charge in [-0.3, -0.25) is 4.68 Å². The number of hydrogen-bond donors (Lipinski definition) is 1. The summed E-state index contributed by atoms with van der Waals surface area (Å²) >= 11 is 0. The zero-order valence-corrected chi connectivity index (χ0v) is 9.62. The zero-order chi connectivity index (χ0) is 10.8. The van der Waals surface area contributed by atoms with Crippen LogP contribution in [-0.2, 0) is 13.0 Å². The lowest BCUT2D eigenvalue weighted by molar-refractivity contribution is 0.337. The highest BCUT2D eigenvalue weighted by molar-refractivity contribution is 5.09. The third-order valence-corrected chi connectivity index (χ3v) is 2.91. The minimum absolute atomic E-state index is 0.137. The summed E-state index contributed by atoms with van der Waals surface area (Å²) in [5, 5.41) is 4.24. The van der Waals surface area contributed by atoms with E-state index >= 15 is 0 Å². The van der Waals surface area contributed by atoms with Crippen LogP contribution in [-0.4, -0.2) is 15.3 Å². The fourth-order valence-electron chi connectivity index (χ4n) is 1.31. The predicted octanol–water partition coefficient (Wildman–Crippen LogP) is 1.82. The Morgan fingerprint density at radius 1 is 1.57 bits per heavy atom. The smallest absolute Gasteiger partial charge is 0.0522 e. The average Bonchev–Trinajstić information content (AvgIpc) is 2.51. The summed E-state index contributed by atoms with van der Waals surface area (Å²) in [6.07, 6.45) is 4.88. The van der Waals surface area contributed by atoms with Gasteiger partial charge in [0.2, 0.25) is 0 Å². The van der Waals surface area contributed by atoms with Gasteiger partial charge < -0.3 is 5.73 Å². The van der Waals surface area contributed by atoms with Crippen molar-refractivity contribution in [2.24, 2.45) is 11.7 Å². The van der Waals surface area contributed by atoms with Crippen LogP contribution in [0, 0.1) is 5.92 Å². The molecule has 14 heavy (non-hydrogen) atoms. The van der Waals surface area contributed by atoms with Crippen molar-refractivity contribution in [1.29, 1.82) is 0 Å². The fourth-order valence-corrected chi connectivity index (χ4v) is 1.31. The lowest BCUT2D eigenvalue weighted by Crippen LogP contribution is -2.43. The van der Waals surface area contributed by atoms with E-state index in [9.17, 15) is 0 Å². The molecule has 0 fully saturated rings. The second-order valence-electron chi connectivity index (χ2n) is 4.54. The Balaban J connectivity index is 2.68. The van der Waals surface area contributed by atoms with Crippen LogP contribution in [0.2, 0.25) is 0 Å². The van der Waals surface area contributed by atoms with Gasteiger partial charge in [0.25, 0.3) is 0 Å². The summed E-state index contributed by atoms with van der Waals surface area (Å²) in [4.78, 5) is 0. The number of hydrogen-bond acceptors (Lipinski definition) is 2. The lowest BCUT2D eigenvalue weighted by atomic mass is 9.84. The molecule has 3 heteroatoms. The molecule has 0 aliphatic carbocycles. The van der Waals surface area contributed by atoms with Crippen LogP contribution in [0.1, 0.15) is 33.3 Å². The van der Waals surface area contributed by atoms with Gasteiger partial charge in [-0.25, -0.2) is 0 Å². The minimum atomic E-state index is -0.137. The van der Waals surface area contributed by atoms with Gasteiger partial charge in [0, 0.05) is 18.3 Å². The highest BCUT2D eigenvalue weighted by atomic mass is 15.3.